The third kappa shape index (κ3) is 4.86. The number of ether oxygens (including phenoxy) is 1. The Hall–Kier alpha value is -1.89. The van der Waals surface area contributed by atoms with Crippen LogP contribution in [0.5, 0.6) is 5.75 Å². The van der Waals surface area contributed by atoms with Gasteiger partial charge in [-0.1, -0.05) is 6.07 Å². The Kier molecular flexibility index (Phi) is 5.32. The van der Waals surface area contributed by atoms with Gasteiger partial charge >= 0.3 is 5.97 Å². The van der Waals surface area contributed by atoms with Crippen LogP contribution in [-0.2, 0) is 4.79 Å². The van der Waals surface area contributed by atoms with Gasteiger partial charge in [-0.2, -0.15) is 0 Å². The van der Waals surface area contributed by atoms with Crippen molar-refractivity contribution in [1.82, 2.24) is 0 Å². The Labute approximate surface area is 136 Å². The fourth-order valence-corrected chi connectivity index (χ4v) is 2.12. The molecular formula is C16H14INO3. The summed E-state index contributed by atoms with van der Waals surface area (Å²) in [6, 6.07) is 15.0. The molecule has 21 heavy (non-hydrogen) atoms. The van der Waals surface area contributed by atoms with Crippen LogP contribution in [-0.4, -0.2) is 23.4 Å². The fourth-order valence-electron chi connectivity index (χ4n) is 1.59. The highest BCUT2D eigenvalue weighted by molar-refractivity contribution is 14.1. The van der Waals surface area contributed by atoms with Crippen LogP contribution in [0.2, 0.25) is 0 Å². The molecule has 0 saturated heterocycles. The van der Waals surface area contributed by atoms with Gasteiger partial charge in [0, 0.05) is 9.78 Å². The number of carboxylic acid groups (broad SMARTS) is 1. The van der Waals surface area contributed by atoms with Crippen LogP contribution in [0.4, 0.5) is 5.69 Å². The number of nitrogens with zero attached hydrogens (tertiary/aromatic N) is 1. The van der Waals surface area contributed by atoms with Crippen molar-refractivity contribution < 1.29 is 14.6 Å². The predicted octanol–water partition coefficient (Wildman–Crippen LogP) is 3.89. The van der Waals surface area contributed by atoms with Gasteiger partial charge < -0.3 is 9.84 Å². The summed E-state index contributed by atoms with van der Waals surface area (Å²) in [5.74, 6) is -0.462. The van der Waals surface area contributed by atoms with E-state index < -0.39 is 12.1 Å². The first-order valence-corrected chi connectivity index (χ1v) is 7.41. The zero-order chi connectivity index (χ0) is 15.2. The lowest BCUT2D eigenvalue weighted by Crippen LogP contribution is -2.22. The number of hydrogen-bond acceptors (Lipinski definition) is 3. The van der Waals surface area contributed by atoms with Crippen LogP contribution in [0.25, 0.3) is 0 Å². The Bertz CT molecular complexity index is 653. The van der Waals surface area contributed by atoms with Crippen LogP contribution < -0.4 is 4.74 Å². The van der Waals surface area contributed by atoms with Crippen LogP contribution in [0.15, 0.2) is 53.5 Å². The molecule has 108 valence electrons. The maximum atomic E-state index is 10.7. The molecule has 1 atom stereocenters. The zero-order valence-electron chi connectivity index (χ0n) is 11.4. The first-order valence-electron chi connectivity index (χ1n) is 6.34. The molecule has 0 aliphatic rings. The maximum Gasteiger partial charge on any atom is 0.344 e. The molecule has 0 heterocycles. The second kappa shape index (κ2) is 7.21. The molecule has 0 aromatic heterocycles. The van der Waals surface area contributed by atoms with E-state index in [-0.39, 0.29) is 0 Å². The first kappa shape index (κ1) is 15.5. The third-order valence-electron chi connectivity index (χ3n) is 2.71. The van der Waals surface area contributed by atoms with E-state index in [9.17, 15) is 4.79 Å². The first-order chi connectivity index (χ1) is 10.0. The summed E-state index contributed by atoms with van der Waals surface area (Å²) in [6.45, 7) is 1.49. The normalized spacial score (nSPS) is 12.3. The lowest BCUT2D eigenvalue weighted by atomic mass is 10.2. The largest absolute Gasteiger partial charge is 0.479 e. The maximum absolute atomic E-state index is 10.7. The smallest absolute Gasteiger partial charge is 0.344 e. The van der Waals surface area contributed by atoms with Crippen molar-refractivity contribution in [3.63, 3.8) is 0 Å². The summed E-state index contributed by atoms with van der Waals surface area (Å²) in [5, 5.41) is 8.78. The highest BCUT2D eigenvalue weighted by atomic mass is 127. The Morgan fingerprint density at radius 3 is 2.62 bits per heavy atom. The molecule has 1 N–H and O–H groups in total. The van der Waals surface area contributed by atoms with Crippen molar-refractivity contribution in [3.05, 3.63) is 57.7 Å². The van der Waals surface area contributed by atoms with Gasteiger partial charge in [0.1, 0.15) is 5.75 Å². The van der Waals surface area contributed by atoms with Gasteiger partial charge in [0.05, 0.1) is 5.69 Å². The number of aliphatic carboxylic acids is 1. The topological polar surface area (TPSA) is 58.9 Å². The fraction of sp³-hybridized carbons (Fsp3) is 0.125. The minimum absolute atomic E-state index is 0.524. The molecule has 4 nitrogen and oxygen atoms in total. The minimum Gasteiger partial charge on any atom is -0.479 e. The number of hydrogen-bond donors (Lipinski definition) is 1. The molecule has 0 fully saturated rings. The van der Waals surface area contributed by atoms with E-state index in [4.69, 9.17) is 9.84 Å². The van der Waals surface area contributed by atoms with E-state index >= 15 is 0 Å². The quantitative estimate of drug-likeness (QED) is 0.617. The van der Waals surface area contributed by atoms with Crippen LogP contribution in [0, 0.1) is 3.57 Å². The highest BCUT2D eigenvalue weighted by Crippen LogP contribution is 2.17. The minimum atomic E-state index is -0.987. The SMILES string of the molecule is C[C@@H](Oc1ccc(C=Nc2cccc(I)c2)cc1)C(=O)O. The summed E-state index contributed by atoms with van der Waals surface area (Å²) in [5.41, 5.74) is 1.81. The second-order valence-corrected chi connectivity index (χ2v) is 5.65. The predicted molar refractivity (Wildman–Crippen MR) is 90.6 cm³/mol. The van der Waals surface area contributed by atoms with E-state index in [0.717, 1.165) is 14.8 Å². The lowest BCUT2D eigenvalue weighted by Gasteiger charge is -2.09. The van der Waals surface area contributed by atoms with Gasteiger partial charge in [0.2, 0.25) is 0 Å². The third-order valence-corrected chi connectivity index (χ3v) is 3.38. The molecule has 0 aliphatic heterocycles. The van der Waals surface area contributed by atoms with Gasteiger partial charge in [0.15, 0.2) is 6.10 Å². The summed E-state index contributed by atoms with van der Waals surface area (Å²) in [6.07, 6.45) is 0.895. The molecule has 0 spiro atoms. The molecule has 2 aromatic rings. The standard InChI is InChI=1S/C16H14INO3/c1-11(16(19)20)21-15-7-5-12(6-8-15)10-18-14-4-2-3-13(17)9-14/h2-11H,1H3,(H,19,20)/t11-/m1/s1. The second-order valence-electron chi connectivity index (χ2n) is 4.41. The van der Waals surface area contributed by atoms with Crippen LogP contribution in [0.1, 0.15) is 12.5 Å². The Morgan fingerprint density at radius 2 is 2.00 bits per heavy atom. The number of carboxylic acids is 1. The van der Waals surface area contributed by atoms with Crippen molar-refractivity contribution >= 4 is 40.5 Å². The monoisotopic (exact) mass is 395 g/mol. The molecule has 5 heteroatoms. The van der Waals surface area contributed by atoms with E-state index in [1.807, 2.05) is 36.4 Å². The molecule has 2 rings (SSSR count). The lowest BCUT2D eigenvalue weighted by molar-refractivity contribution is -0.144. The van der Waals surface area contributed by atoms with Crippen molar-refractivity contribution in [1.29, 1.82) is 0 Å². The number of carbonyl (C=O) groups is 1. The summed E-state index contributed by atoms with van der Waals surface area (Å²) >= 11 is 2.24. The molecule has 0 amide bonds. The summed E-state index contributed by atoms with van der Waals surface area (Å²) < 4.78 is 6.40. The summed E-state index contributed by atoms with van der Waals surface area (Å²) in [4.78, 5) is 15.1. The zero-order valence-corrected chi connectivity index (χ0v) is 13.5. The van der Waals surface area contributed by atoms with E-state index in [1.54, 1.807) is 18.3 Å². The van der Waals surface area contributed by atoms with Crippen molar-refractivity contribution in [3.8, 4) is 5.75 Å². The van der Waals surface area contributed by atoms with Gasteiger partial charge in [-0.3, -0.25) is 4.99 Å². The van der Waals surface area contributed by atoms with Crippen molar-refractivity contribution in [2.45, 2.75) is 13.0 Å². The van der Waals surface area contributed by atoms with E-state index in [0.29, 0.717) is 5.75 Å². The van der Waals surface area contributed by atoms with Gasteiger partial charge in [-0.25, -0.2) is 4.79 Å². The van der Waals surface area contributed by atoms with Crippen LogP contribution in [0.3, 0.4) is 0 Å². The molecule has 0 radical (unpaired) electrons. The van der Waals surface area contributed by atoms with Gasteiger partial charge in [-0.15, -0.1) is 0 Å². The summed E-state index contributed by atoms with van der Waals surface area (Å²) in [7, 11) is 0. The molecule has 0 bridgehead atoms. The number of aliphatic imine (C=N–C) groups is 1. The van der Waals surface area contributed by atoms with Gasteiger partial charge in [-0.05, 0) is 77.5 Å². The highest BCUT2D eigenvalue weighted by Gasteiger charge is 2.11. The average Bonchev–Trinajstić information content (AvgIpc) is 2.46. The molecule has 2 aromatic carbocycles. The molecule has 0 saturated carbocycles. The molecule has 0 unspecified atom stereocenters. The Balaban J connectivity index is 2.04. The Morgan fingerprint density at radius 1 is 1.29 bits per heavy atom. The van der Waals surface area contributed by atoms with Crippen molar-refractivity contribution in [2.75, 3.05) is 0 Å². The average molecular weight is 395 g/mol. The number of rotatable bonds is 5. The number of halogens is 1. The van der Waals surface area contributed by atoms with Gasteiger partial charge in [0.25, 0.3) is 0 Å². The number of benzene rings is 2. The van der Waals surface area contributed by atoms with E-state index in [2.05, 4.69) is 27.6 Å². The molecular weight excluding hydrogens is 381 g/mol. The van der Waals surface area contributed by atoms with Crippen LogP contribution >= 0.6 is 22.6 Å². The van der Waals surface area contributed by atoms with E-state index in [1.165, 1.54) is 6.92 Å². The van der Waals surface area contributed by atoms with Crippen molar-refractivity contribution in [2.24, 2.45) is 4.99 Å². The molecule has 0 aliphatic carbocycles.